The number of rotatable bonds is 6. The van der Waals surface area contributed by atoms with E-state index in [4.69, 9.17) is 19.4 Å². The molecule has 0 N–H and O–H groups in total. The highest BCUT2D eigenvalue weighted by Crippen LogP contribution is 2.43. The van der Waals surface area contributed by atoms with E-state index in [-0.39, 0.29) is 0 Å². The van der Waals surface area contributed by atoms with Crippen molar-refractivity contribution >= 4 is 76.1 Å². The minimum Gasteiger partial charge on any atom is -0.456 e. The number of hydrogen-bond donors (Lipinski definition) is 0. The van der Waals surface area contributed by atoms with Gasteiger partial charge in [-0.2, -0.15) is 0 Å². The number of nitrogens with zero attached hydrogens (tertiary/aromatic N) is 3. The Kier molecular flexibility index (Phi) is 8.86. The lowest BCUT2D eigenvalue weighted by Gasteiger charge is -2.16. The van der Waals surface area contributed by atoms with Gasteiger partial charge in [0, 0.05) is 38.2 Å². The third-order valence-electron chi connectivity index (χ3n) is 13.8. The molecule has 0 radical (unpaired) electrons. The molecule has 14 rings (SSSR count). The van der Waals surface area contributed by atoms with Gasteiger partial charge in [-0.3, -0.25) is 4.98 Å². The van der Waals surface area contributed by atoms with Crippen LogP contribution in [0.3, 0.4) is 0 Å². The molecule has 0 saturated carbocycles. The summed E-state index contributed by atoms with van der Waals surface area (Å²) in [4.78, 5) is 16.3. The topological polar surface area (TPSA) is 51.8 Å². The number of furan rings is 1. The molecule has 0 aliphatic rings. The number of aromatic nitrogens is 3. The van der Waals surface area contributed by atoms with Crippen LogP contribution in [0.15, 0.2) is 241 Å². The first-order chi connectivity index (χ1) is 34.2. The van der Waals surface area contributed by atoms with E-state index >= 15 is 0 Å². The summed E-state index contributed by atoms with van der Waals surface area (Å²) in [5.41, 5.74) is 15.6. The summed E-state index contributed by atoms with van der Waals surface area (Å²) >= 11 is 0. The van der Waals surface area contributed by atoms with Crippen molar-refractivity contribution in [3.63, 3.8) is 0 Å². The van der Waals surface area contributed by atoms with Crippen LogP contribution in [0, 0.1) is 0 Å². The zero-order valence-electron chi connectivity index (χ0n) is 37.3. The van der Waals surface area contributed by atoms with Crippen LogP contribution in [-0.2, 0) is 0 Å². The second-order valence-corrected chi connectivity index (χ2v) is 17.9. The molecule has 0 spiro atoms. The summed E-state index contributed by atoms with van der Waals surface area (Å²) in [5, 5.41) is 11.5. The standard InChI is InChI=1S/C65H39N3O/c1-3-16-40(17-4-1)42-30-31-61-57(35-42)63-49(28-15-29-62(63)69-61)45-37-58(41-18-5-2-6-19-41)67-59(38-45)46-32-44(56-36-43-20-7-8-21-48(43)50-22-9-10-25-53(50)56)33-47(34-46)60-39-66-64-54-26-13-11-23-51(54)52-24-12-14-27-55(52)65(64)68-60/h1-39H. The first-order valence-corrected chi connectivity index (χ1v) is 23.4. The van der Waals surface area contributed by atoms with Gasteiger partial charge in [0.2, 0.25) is 0 Å². The van der Waals surface area contributed by atoms with E-state index in [9.17, 15) is 0 Å². The van der Waals surface area contributed by atoms with Gasteiger partial charge < -0.3 is 4.42 Å². The predicted molar refractivity (Wildman–Crippen MR) is 287 cm³/mol. The van der Waals surface area contributed by atoms with Crippen LogP contribution in [-0.4, -0.2) is 15.0 Å². The van der Waals surface area contributed by atoms with E-state index in [1.54, 1.807) is 0 Å². The monoisotopic (exact) mass is 877 g/mol. The molecule has 4 nitrogen and oxygen atoms in total. The third-order valence-corrected chi connectivity index (χ3v) is 13.8. The highest BCUT2D eigenvalue weighted by molar-refractivity contribution is 6.23. The second kappa shape index (κ2) is 15.7. The van der Waals surface area contributed by atoms with Gasteiger partial charge in [-0.15, -0.1) is 0 Å². The lowest BCUT2D eigenvalue weighted by molar-refractivity contribution is 0.669. The van der Waals surface area contributed by atoms with Crippen molar-refractivity contribution in [3.8, 4) is 67.2 Å². The van der Waals surface area contributed by atoms with Crippen LogP contribution < -0.4 is 0 Å². The van der Waals surface area contributed by atoms with E-state index in [1.807, 2.05) is 6.20 Å². The van der Waals surface area contributed by atoms with Gasteiger partial charge in [-0.05, 0) is 120 Å². The average Bonchev–Trinajstić information content (AvgIpc) is 3.81. The highest BCUT2D eigenvalue weighted by Gasteiger charge is 2.20. The fourth-order valence-corrected chi connectivity index (χ4v) is 10.6. The molecular formula is C65H39N3O. The summed E-state index contributed by atoms with van der Waals surface area (Å²) in [6, 6.07) is 82.0. The molecule has 69 heavy (non-hydrogen) atoms. The summed E-state index contributed by atoms with van der Waals surface area (Å²) in [5.74, 6) is 0. The largest absolute Gasteiger partial charge is 0.456 e. The molecule has 0 amide bonds. The Hall–Kier alpha value is -9.25. The van der Waals surface area contributed by atoms with Crippen LogP contribution in [0.5, 0.6) is 0 Å². The maximum atomic E-state index is 6.58. The molecule has 11 aromatic carbocycles. The summed E-state index contributed by atoms with van der Waals surface area (Å²) < 4.78 is 6.58. The number of pyridine rings is 1. The van der Waals surface area contributed by atoms with Crippen molar-refractivity contribution in [2.45, 2.75) is 0 Å². The summed E-state index contributed by atoms with van der Waals surface area (Å²) in [7, 11) is 0. The van der Waals surface area contributed by atoms with Crippen molar-refractivity contribution in [1.29, 1.82) is 0 Å². The minimum atomic E-state index is 0.791. The molecule has 0 bridgehead atoms. The first kappa shape index (κ1) is 39.0. The fourth-order valence-electron chi connectivity index (χ4n) is 10.6. The Morgan fingerprint density at radius 1 is 0.275 bits per heavy atom. The number of hydrogen-bond acceptors (Lipinski definition) is 4. The van der Waals surface area contributed by atoms with Gasteiger partial charge >= 0.3 is 0 Å². The van der Waals surface area contributed by atoms with Crippen LogP contribution in [0.2, 0.25) is 0 Å². The van der Waals surface area contributed by atoms with Crippen molar-refractivity contribution in [3.05, 3.63) is 237 Å². The van der Waals surface area contributed by atoms with Crippen molar-refractivity contribution in [1.82, 2.24) is 15.0 Å². The molecule has 3 aromatic heterocycles. The van der Waals surface area contributed by atoms with Crippen LogP contribution >= 0.6 is 0 Å². The van der Waals surface area contributed by atoms with E-state index in [0.717, 1.165) is 116 Å². The predicted octanol–water partition coefficient (Wildman–Crippen LogP) is 17.5. The SMILES string of the molecule is c1ccc(-c2ccc3oc4cccc(-c5cc(-c6ccccc6)nc(-c6cc(-c7cnc8c9ccccc9c9ccccc9c8n7)cc(-c7cc8ccccc8c8ccccc78)c6)c5)c4c3c2)cc1. The molecule has 320 valence electrons. The van der Waals surface area contributed by atoms with E-state index in [1.165, 1.54) is 26.9 Å². The Morgan fingerprint density at radius 3 is 1.58 bits per heavy atom. The zero-order chi connectivity index (χ0) is 45.4. The lowest BCUT2D eigenvalue weighted by atomic mass is 9.90. The van der Waals surface area contributed by atoms with E-state index < -0.39 is 0 Å². The van der Waals surface area contributed by atoms with Crippen molar-refractivity contribution < 1.29 is 4.42 Å². The number of fused-ring (bicyclic) bond motifs is 12. The molecule has 4 heteroatoms. The minimum absolute atomic E-state index is 0.791. The first-order valence-electron chi connectivity index (χ1n) is 23.4. The van der Waals surface area contributed by atoms with Gasteiger partial charge in [0.15, 0.2) is 0 Å². The molecule has 0 saturated heterocycles. The molecule has 0 aliphatic heterocycles. The summed E-state index contributed by atoms with van der Waals surface area (Å²) in [6.45, 7) is 0. The maximum absolute atomic E-state index is 6.58. The molecule has 0 fully saturated rings. The normalized spacial score (nSPS) is 11.8. The molecule has 0 aliphatic carbocycles. The fraction of sp³-hybridized carbons (Fsp3) is 0. The Morgan fingerprint density at radius 2 is 0.841 bits per heavy atom. The molecule has 3 heterocycles. The third kappa shape index (κ3) is 6.49. The van der Waals surface area contributed by atoms with Gasteiger partial charge in [0.05, 0.1) is 34.3 Å². The van der Waals surface area contributed by atoms with Crippen LogP contribution in [0.1, 0.15) is 0 Å². The van der Waals surface area contributed by atoms with Gasteiger partial charge in [0.1, 0.15) is 11.2 Å². The highest BCUT2D eigenvalue weighted by atomic mass is 16.3. The number of benzene rings is 11. The summed E-state index contributed by atoms with van der Waals surface area (Å²) in [6.07, 6.45) is 1.94. The Balaban J connectivity index is 1.04. The van der Waals surface area contributed by atoms with Gasteiger partial charge in [-0.1, -0.05) is 176 Å². The van der Waals surface area contributed by atoms with Crippen LogP contribution in [0.25, 0.3) is 143 Å². The molecule has 0 atom stereocenters. The van der Waals surface area contributed by atoms with Gasteiger partial charge in [0.25, 0.3) is 0 Å². The zero-order valence-corrected chi connectivity index (χ0v) is 37.3. The van der Waals surface area contributed by atoms with Crippen LogP contribution in [0.4, 0.5) is 0 Å². The van der Waals surface area contributed by atoms with Crippen molar-refractivity contribution in [2.75, 3.05) is 0 Å². The lowest BCUT2D eigenvalue weighted by Crippen LogP contribution is -1.95. The van der Waals surface area contributed by atoms with Crippen molar-refractivity contribution in [2.24, 2.45) is 0 Å². The molecule has 0 unspecified atom stereocenters. The Bertz CT molecular complexity index is 4330. The van der Waals surface area contributed by atoms with E-state index in [0.29, 0.717) is 0 Å². The molecular weight excluding hydrogens is 839 g/mol. The quantitative estimate of drug-likeness (QED) is 0.156. The average molecular weight is 878 g/mol. The van der Waals surface area contributed by atoms with Gasteiger partial charge in [-0.25, -0.2) is 9.97 Å². The van der Waals surface area contributed by atoms with E-state index in [2.05, 4.69) is 231 Å². The Labute approximate surface area is 397 Å². The smallest absolute Gasteiger partial charge is 0.136 e. The second-order valence-electron chi connectivity index (χ2n) is 17.9. The molecule has 14 aromatic rings. The maximum Gasteiger partial charge on any atom is 0.136 e.